The molecule has 2 fully saturated rings. The summed E-state index contributed by atoms with van der Waals surface area (Å²) in [6.45, 7) is 3.14. The molecular weight excluding hydrogens is 555 g/mol. The first-order valence-corrected chi connectivity index (χ1v) is 13.4. The molecule has 2 heterocycles. The number of nitrogens with zero attached hydrogens (tertiary/aromatic N) is 2. The summed E-state index contributed by atoms with van der Waals surface area (Å²) in [5.41, 5.74) is -1.96. The lowest BCUT2D eigenvalue weighted by atomic mass is 9.77. The zero-order valence-corrected chi connectivity index (χ0v) is 22.7. The molecule has 1 N–H and O–H groups in total. The number of nitrogens with one attached hydrogen (secondary N) is 1. The summed E-state index contributed by atoms with van der Waals surface area (Å²) in [6.07, 6.45) is -8.37. The Kier molecular flexibility index (Phi) is 9.01. The van der Waals surface area contributed by atoms with Gasteiger partial charge >= 0.3 is 12.4 Å². The number of halogens is 7. The first-order valence-electron chi connectivity index (χ1n) is 13.4. The van der Waals surface area contributed by atoms with Crippen molar-refractivity contribution in [2.24, 2.45) is 11.8 Å². The zero-order chi connectivity index (χ0) is 30.1. The number of carbonyl (C=O) groups excluding carboxylic acids is 2. The monoisotopic (exact) mass is 587 g/mol. The van der Waals surface area contributed by atoms with E-state index >= 15 is 0 Å². The highest BCUT2D eigenvalue weighted by atomic mass is 19.4. The summed E-state index contributed by atoms with van der Waals surface area (Å²) < 4.78 is 94.0. The third kappa shape index (κ3) is 7.20. The average molecular weight is 588 g/mol. The lowest BCUT2D eigenvalue weighted by molar-refractivity contribution is -0.144. The predicted octanol–water partition coefficient (Wildman–Crippen LogP) is 5.76. The molecule has 0 aromatic heterocycles. The molecule has 0 aliphatic carbocycles. The number of amides is 2. The zero-order valence-electron chi connectivity index (χ0n) is 22.7. The number of carbonyl (C=O) groups is 2. The van der Waals surface area contributed by atoms with Crippen LogP contribution in [0.5, 0.6) is 0 Å². The molecule has 0 radical (unpaired) electrons. The Morgan fingerprint density at radius 1 is 0.951 bits per heavy atom. The first kappa shape index (κ1) is 30.8. The predicted molar refractivity (Wildman–Crippen MR) is 137 cm³/mol. The van der Waals surface area contributed by atoms with Crippen molar-refractivity contribution in [1.82, 2.24) is 15.1 Å². The van der Waals surface area contributed by atoms with Crippen molar-refractivity contribution in [1.29, 1.82) is 0 Å². The highest BCUT2D eigenvalue weighted by molar-refractivity contribution is 5.82. The van der Waals surface area contributed by atoms with Gasteiger partial charge in [-0.2, -0.15) is 26.3 Å². The van der Waals surface area contributed by atoms with E-state index in [1.54, 1.807) is 17.9 Å². The van der Waals surface area contributed by atoms with Crippen molar-refractivity contribution in [2.45, 2.75) is 51.0 Å². The quantitative estimate of drug-likeness (QED) is 0.453. The summed E-state index contributed by atoms with van der Waals surface area (Å²) in [4.78, 5) is 29.8. The van der Waals surface area contributed by atoms with E-state index in [2.05, 4.69) is 5.32 Å². The van der Waals surface area contributed by atoms with Gasteiger partial charge in [-0.1, -0.05) is 6.07 Å². The minimum Gasteiger partial charge on any atom is -0.342 e. The van der Waals surface area contributed by atoms with Gasteiger partial charge in [0.2, 0.25) is 11.8 Å². The fraction of sp³-hybridized carbons (Fsp3) is 0.517. The molecule has 2 amide bonds. The summed E-state index contributed by atoms with van der Waals surface area (Å²) in [7, 11) is 1.33. The van der Waals surface area contributed by atoms with Crippen LogP contribution in [0.2, 0.25) is 0 Å². The molecule has 2 aromatic carbocycles. The van der Waals surface area contributed by atoms with Gasteiger partial charge < -0.3 is 15.1 Å². The van der Waals surface area contributed by atoms with E-state index in [0.717, 1.165) is 18.0 Å². The molecule has 224 valence electrons. The smallest absolute Gasteiger partial charge is 0.342 e. The highest BCUT2D eigenvalue weighted by Gasteiger charge is 2.41. The van der Waals surface area contributed by atoms with Crippen LogP contribution in [0.3, 0.4) is 0 Å². The van der Waals surface area contributed by atoms with Gasteiger partial charge in [0.15, 0.2) is 0 Å². The molecule has 4 rings (SSSR count). The van der Waals surface area contributed by atoms with Crippen LogP contribution in [0.4, 0.5) is 30.7 Å². The molecular formula is C29H32F7N3O2. The number of piperidine rings is 2. The van der Waals surface area contributed by atoms with Crippen LogP contribution in [0, 0.1) is 24.6 Å². The first-order chi connectivity index (χ1) is 19.1. The fourth-order valence-corrected chi connectivity index (χ4v) is 5.89. The summed E-state index contributed by atoms with van der Waals surface area (Å²) in [5.74, 6) is -2.34. The Hall–Kier alpha value is -3.15. The van der Waals surface area contributed by atoms with E-state index < -0.39 is 53.6 Å². The van der Waals surface area contributed by atoms with Crippen molar-refractivity contribution in [2.75, 3.05) is 33.2 Å². The maximum absolute atomic E-state index is 13.9. The van der Waals surface area contributed by atoms with Gasteiger partial charge in [-0.05, 0) is 86.3 Å². The molecule has 2 aromatic rings. The molecule has 0 bridgehead atoms. The number of benzene rings is 2. The van der Waals surface area contributed by atoms with Gasteiger partial charge in [0, 0.05) is 44.4 Å². The molecule has 2 saturated heterocycles. The standard InChI is InChI=1S/C29H32F7N3O2/c1-17-11-22(30)3-4-23(17)25-16-39(26(40)19-5-8-37-9-6-19)10-7-24(25)27(41)38(2)15-18-12-20(28(31,32)33)14-21(13-18)29(34,35)36/h3-4,11-14,19,24-25,37H,5-10,15-16H2,1-2H3. The van der Waals surface area contributed by atoms with E-state index in [-0.39, 0.29) is 43.0 Å². The maximum atomic E-state index is 13.9. The number of rotatable bonds is 5. The SMILES string of the molecule is Cc1cc(F)ccc1C1CN(C(=O)C2CCNCC2)CCC1C(=O)N(C)Cc1cc(C(F)(F)F)cc(C(F)(F)F)c1. The molecule has 2 aliphatic rings. The fourth-order valence-electron chi connectivity index (χ4n) is 5.89. The van der Waals surface area contributed by atoms with Crippen LogP contribution in [-0.2, 0) is 28.5 Å². The molecule has 2 atom stereocenters. The lowest BCUT2D eigenvalue weighted by Crippen LogP contribution is -2.50. The largest absolute Gasteiger partial charge is 0.416 e. The van der Waals surface area contributed by atoms with Crippen LogP contribution in [-0.4, -0.2) is 54.8 Å². The molecule has 2 aliphatic heterocycles. The van der Waals surface area contributed by atoms with Gasteiger partial charge in [-0.15, -0.1) is 0 Å². The third-order valence-electron chi connectivity index (χ3n) is 8.00. The van der Waals surface area contributed by atoms with Crippen molar-refractivity contribution in [3.63, 3.8) is 0 Å². The second-order valence-electron chi connectivity index (χ2n) is 10.9. The molecule has 5 nitrogen and oxygen atoms in total. The van der Waals surface area contributed by atoms with Crippen LogP contribution in [0.1, 0.15) is 53.0 Å². The van der Waals surface area contributed by atoms with Crippen LogP contribution in [0.15, 0.2) is 36.4 Å². The van der Waals surface area contributed by atoms with Crippen molar-refractivity contribution in [3.8, 4) is 0 Å². The molecule has 2 unspecified atom stereocenters. The number of hydrogen-bond donors (Lipinski definition) is 1. The Morgan fingerprint density at radius 3 is 2.12 bits per heavy atom. The van der Waals surface area contributed by atoms with Crippen molar-refractivity contribution < 1.29 is 40.3 Å². The van der Waals surface area contributed by atoms with E-state index in [4.69, 9.17) is 0 Å². The van der Waals surface area contributed by atoms with Crippen molar-refractivity contribution >= 4 is 11.8 Å². The highest BCUT2D eigenvalue weighted by Crippen LogP contribution is 2.39. The third-order valence-corrected chi connectivity index (χ3v) is 8.00. The second-order valence-corrected chi connectivity index (χ2v) is 10.9. The summed E-state index contributed by atoms with van der Waals surface area (Å²) in [6, 6.07) is 5.43. The van der Waals surface area contributed by atoms with E-state index in [9.17, 15) is 40.3 Å². The minimum absolute atomic E-state index is 0.0147. The normalized spacial score (nSPS) is 20.7. The van der Waals surface area contributed by atoms with E-state index in [0.29, 0.717) is 36.1 Å². The molecule has 0 spiro atoms. The van der Waals surface area contributed by atoms with Gasteiger partial charge in [-0.3, -0.25) is 9.59 Å². The van der Waals surface area contributed by atoms with Crippen molar-refractivity contribution in [3.05, 3.63) is 70.0 Å². The minimum atomic E-state index is -5.00. The Balaban J connectivity index is 1.60. The summed E-state index contributed by atoms with van der Waals surface area (Å²) in [5, 5.41) is 3.22. The maximum Gasteiger partial charge on any atom is 0.416 e. The molecule has 12 heteroatoms. The number of alkyl halides is 6. The topological polar surface area (TPSA) is 52.7 Å². The van der Waals surface area contributed by atoms with E-state index in [1.807, 2.05) is 0 Å². The number of aryl methyl sites for hydroxylation is 1. The Bertz CT molecular complexity index is 1240. The van der Waals surface area contributed by atoms with Crippen LogP contribution < -0.4 is 5.32 Å². The average Bonchev–Trinajstić information content (AvgIpc) is 2.91. The van der Waals surface area contributed by atoms with Gasteiger partial charge in [0.05, 0.1) is 11.1 Å². The number of likely N-dealkylation sites (tertiary alicyclic amines) is 1. The molecule has 0 saturated carbocycles. The van der Waals surface area contributed by atoms with Gasteiger partial charge in [0.25, 0.3) is 0 Å². The number of hydrogen-bond acceptors (Lipinski definition) is 3. The second kappa shape index (κ2) is 12.0. The van der Waals surface area contributed by atoms with Crippen LogP contribution in [0.25, 0.3) is 0 Å². The summed E-state index contributed by atoms with van der Waals surface area (Å²) >= 11 is 0. The van der Waals surface area contributed by atoms with E-state index in [1.165, 1.54) is 19.2 Å². The Labute approximate surface area is 233 Å². The molecule has 41 heavy (non-hydrogen) atoms. The van der Waals surface area contributed by atoms with Gasteiger partial charge in [-0.25, -0.2) is 4.39 Å². The lowest BCUT2D eigenvalue weighted by Gasteiger charge is -2.41. The van der Waals surface area contributed by atoms with Gasteiger partial charge in [0.1, 0.15) is 5.82 Å². The Morgan fingerprint density at radius 2 is 1.56 bits per heavy atom. The van der Waals surface area contributed by atoms with Crippen LogP contribution >= 0.6 is 0 Å².